The van der Waals surface area contributed by atoms with Gasteiger partial charge in [0.2, 0.25) is 5.88 Å². The molecule has 2 aromatic carbocycles. The Balaban J connectivity index is 1.73. The highest BCUT2D eigenvalue weighted by molar-refractivity contribution is 7.11. The smallest absolute Gasteiger partial charge is 0.341 e. The number of benzene rings is 2. The van der Waals surface area contributed by atoms with E-state index in [-0.39, 0.29) is 36.5 Å². The van der Waals surface area contributed by atoms with E-state index in [1.165, 1.54) is 0 Å². The molecule has 1 aromatic heterocycles. The monoisotopic (exact) mass is 456 g/mol. The van der Waals surface area contributed by atoms with Crippen LogP contribution in [0.5, 0.6) is 17.4 Å². The van der Waals surface area contributed by atoms with E-state index in [0.29, 0.717) is 27.8 Å². The van der Waals surface area contributed by atoms with E-state index >= 15 is 0 Å². The molecule has 32 heavy (non-hydrogen) atoms. The first-order valence-corrected chi connectivity index (χ1v) is 10.7. The van der Waals surface area contributed by atoms with Crippen LogP contribution in [-0.4, -0.2) is 45.6 Å². The summed E-state index contributed by atoms with van der Waals surface area (Å²) in [5.41, 5.74) is 1.24. The number of nitrogens with zero attached hydrogens (tertiary/aromatic N) is 1. The van der Waals surface area contributed by atoms with E-state index in [1.54, 1.807) is 62.4 Å². The van der Waals surface area contributed by atoms with Crippen molar-refractivity contribution in [2.45, 2.75) is 19.9 Å². The number of esters is 1. The van der Waals surface area contributed by atoms with Crippen LogP contribution in [-0.2, 0) is 4.74 Å². The lowest BCUT2D eigenvalue weighted by Gasteiger charge is -2.14. The van der Waals surface area contributed by atoms with E-state index < -0.39 is 5.97 Å². The highest BCUT2D eigenvalue weighted by atomic mass is 32.1. The lowest BCUT2D eigenvalue weighted by molar-refractivity contribution is 0.0523. The fourth-order valence-corrected chi connectivity index (χ4v) is 3.47. The Hall–Kier alpha value is -3.63. The normalized spacial score (nSPS) is 11.5. The molecular formula is C22H24N4O5S. The molecule has 0 saturated heterocycles. The quantitative estimate of drug-likeness (QED) is 0.186. The minimum Gasteiger partial charge on any atom is -0.492 e. The molecule has 1 atom stereocenters. The molecule has 0 saturated carbocycles. The molecule has 3 rings (SSSR count). The number of carbonyl (C=O) groups is 1. The molecule has 0 fully saturated rings. The Labute approximate surface area is 189 Å². The minimum absolute atomic E-state index is 0.0455. The number of carbonyl (C=O) groups excluding carboxylic acids is 1. The molecule has 1 unspecified atom stereocenters. The largest absolute Gasteiger partial charge is 0.492 e. The number of aliphatic hydroxyl groups excluding tert-OH is 1. The van der Waals surface area contributed by atoms with Crippen LogP contribution in [0.25, 0.3) is 0 Å². The number of amidine groups is 1. The number of aromatic hydroxyl groups is 1. The van der Waals surface area contributed by atoms with Gasteiger partial charge in [0.25, 0.3) is 0 Å². The third-order valence-electron chi connectivity index (χ3n) is 4.31. The summed E-state index contributed by atoms with van der Waals surface area (Å²) in [4.78, 5) is 12.1. The summed E-state index contributed by atoms with van der Waals surface area (Å²) in [7, 11) is 0. The van der Waals surface area contributed by atoms with Crippen LogP contribution in [0.3, 0.4) is 0 Å². The SMILES string of the molecule is CCOC(=O)c1ccccc1Oc1ccc(Nc2snc(O)c2C(=N)NC(C)CO)cc1. The molecule has 1 heterocycles. The van der Waals surface area contributed by atoms with Gasteiger partial charge in [-0.05, 0) is 61.8 Å². The molecule has 168 valence electrons. The van der Waals surface area contributed by atoms with Crippen molar-refractivity contribution in [1.82, 2.24) is 9.69 Å². The average molecular weight is 457 g/mol. The number of rotatable bonds is 9. The molecule has 0 radical (unpaired) electrons. The van der Waals surface area contributed by atoms with Gasteiger partial charge in [0, 0.05) is 11.7 Å². The summed E-state index contributed by atoms with van der Waals surface area (Å²) in [5, 5.41) is 33.8. The van der Waals surface area contributed by atoms with Crippen molar-refractivity contribution in [2.75, 3.05) is 18.5 Å². The van der Waals surface area contributed by atoms with Crippen LogP contribution < -0.4 is 15.4 Å². The zero-order valence-electron chi connectivity index (χ0n) is 17.6. The second-order valence-corrected chi connectivity index (χ2v) is 7.55. The van der Waals surface area contributed by atoms with E-state index in [0.717, 1.165) is 11.5 Å². The van der Waals surface area contributed by atoms with Gasteiger partial charge in [0.05, 0.1) is 13.2 Å². The van der Waals surface area contributed by atoms with Crippen molar-refractivity contribution < 1.29 is 24.5 Å². The lowest BCUT2D eigenvalue weighted by Crippen LogP contribution is -2.35. The van der Waals surface area contributed by atoms with Gasteiger partial charge in [-0.3, -0.25) is 5.41 Å². The fourth-order valence-electron chi connectivity index (χ4n) is 2.75. The van der Waals surface area contributed by atoms with E-state index in [9.17, 15) is 15.0 Å². The van der Waals surface area contributed by atoms with Gasteiger partial charge in [0.15, 0.2) is 0 Å². The second-order valence-electron chi connectivity index (χ2n) is 6.78. The van der Waals surface area contributed by atoms with Crippen LogP contribution in [0.15, 0.2) is 48.5 Å². The van der Waals surface area contributed by atoms with E-state index in [4.69, 9.17) is 14.9 Å². The van der Waals surface area contributed by atoms with Crippen molar-refractivity contribution in [3.05, 3.63) is 59.7 Å². The van der Waals surface area contributed by atoms with Crippen LogP contribution in [0.4, 0.5) is 10.7 Å². The van der Waals surface area contributed by atoms with Crippen molar-refractivity contribution in [2.24, 2.45) is 0 Å². The number of anilines is 2. The van der Waals surface area contributed by atoms with Crippen LogP contribution in [0.2, 0.25) is 0 Å². The van der Waals surface area contributed by atoms with Gasteiger partial charge < -0.3 is 30.3 Å². The topological polar surface area (TPSA) is 137 Å². The van der Waals surface area contributed by atoms with E-state index in [2.05, 4.69) is 15.0 Å². The standard InChI is InChI=1S/C22H24N4O5S/c1-3-30-22(29)16-6-4-5-7-17(16)31-15-10-8-14(9-11-15)25-21-18(20(28)26-32-21)19(23)24-13(2)12-27/h4-11,13,25,27H,3,12H2,1-2H3,(H2,23,24)(H,26,28). The average Bonchev–Trinajstić information content (AvgIpc) is 3.15. The Morgan fingerprint density at radius 3 is 2.62 bits per heavy atom. The maximum Gasteiger partial charge on any atom is 0.341 e. The summed E-state index contributed by atoms with van der Waals surface area (Å²) in [5.74, 6) is 0.140. The summed E-state index contributed by atoms with van der Waals surface area (Å²) in [6.07, 6.45) is 0. The maximum atomic E-state index is 12.1. The van der Waals surface area contributed by atoms with Crippen molar-refractivity contribution in [3.63, 3.8) is 0 Å². The lowest BCUT2D eigenvalue weighted by atomic mass is 10.2. The van der Waals surface area contributed by atoms with Crippen molar-refractivity contribution in [1.29, 1.82) is 5.41 Å². The Bertz CT molecular complexity index is 1080. The predicted molar refractivity (Wildman–Crippen MR) is 122 cm³/mol. The molecule has 3 aromatic rings. The van der Waals surface area contributed by atoms with Crippen LogP contribution in [0, 0.1) is 5.41 Å². The number of aliphatic hydroxyl groups is 1. The van der Waals surface area contributed by atoms with Gasteiger partial charge >= 0.3 is 5.97 Å². The summed E-state index contributed by atoms with van der Waals surface area (Å²) >= 11 is 1.01. The third-order valence-corrected chi connectivity index (χ3v) is 5.06. The number of nitrogens with one attached hydrogen (secondary N) is 3. The maximum absolute atomic E-state index is 12.1. The third kappa shape index (κ3) is 5.54. The highest BCUT2D eigenvalue weighted by Gasteiger charge is 2.19. The van der Waals surface area contributed by atoms with Crippen molar-refractivity contribution in [3.8, 4) is 17.4 Å². The summed E-state index contributed by atoms with van der Waals surface area (Å²) in [6.45, 7) is 3.59. The van der Waals surface area contributed by atoms with Gasteiger partial charge in [-0.25, -0.2) is 4.79 Å². The first kappa shape index (κ1) is 23.0. The Morgan fingerprint density at radius 1 is 1.22 bits per heavy atom. The molecule has 5 N–H and O–H groups in total. The summed E-state index contributed by atoms with van der Waals surface area (Å²) in [6, 6.07) is 13.5. The van der Waals surface area contributed by atoms with Crippen molar-refractivity contribution >= 4 is 34.0 Å². The number of para-hydroxylation sites is 1. The van der Waals surface area contributed by atoms with Gasteiger partial charge in [-0.1, -0.05) is 12.1 Å². The molecule has 0 bridgehead atoms. The Morgan fingerprint density at radius 2 is 1.94 bits per heavy atom. The molecular weight excluding hydrogens is 432 g/mol. The van der Waals surface area contributed by atoms with Gasteiger partial charge in [0.1, 0.15) is 33.5 Å². The number of ether oxygens (including phenoxy) is 2. The molecule has 0 aliphatic carbocycles. The minimum atomic E-state index is -0.453. The Kier molecular flexibility index (Phi) is 7.63. The van der Waals surface area contributed by atoms with Crippen LogP contribution in [0.1, 0.15) is 29.8 Å². The molecule has 0 amide bonds. The second kappa shape index (κ2) is 10.6. The summed E-state index contributed by atoms with van der Waals surface area (Å²) < 4.78 is 14.8. The first-order valence-electron chi connectivity index (χ1n) is 9.89. The molecule has 10 heteroatoms. The molecule has 0 aliphatic rings. The molecule has 9 nitrogen and oxygen atoms in total. The van der Waals surface area contributed by atoms with E-state index in [1.807, 2.05) is 0 Å². The zero-order valence-corrected chi connectivity index (χ0v) is 18.4. The zero-order chi connectivity index (χ0) is 23.1. The highest BCUT2D eigenvalue weighted by Crippen LogP contribution is 2.33. The van der Waals surface area contributed by atoms with Gasteiger partial charge in [-0.2, -0.15) is 4.37 Å². The fraction of sp³-hybridized carbons (Fsp3) is 0.227. The number of hydrogen-bond acceptors (Lipinski definition) is 9. The number of aromatic nitrogens is 1. The molecule has 0 spiro atoms. The number of hydrogen-bond donors (Lipinski definition) is 5. The predicted octanol–water partition coefficient (Wildman–Crippen LogP) is 3.86. The van der Waals surface area contributed by atoms with Gasteiger partial charge in [-0.15, -0.1) is 0 Å². The molecule has 0 aliphatic heterocycles. The first-order chi connectivity index (χ1) is 15.4. The van der Waals surface area contributed by atoms with Crippen LogP contribution >= 0.6 is 11.5 Å².